The van der Waals surface area contributed by atoms with Crippen molar-refractivity contribution in [1.82, 2.24) is 15.2 Å². The summed E-state index contributed by atoms with van der Waals surface area (Å²) in [4.78, 5) is 4.44. The molecule has 0 fully saturated rings. The summed E-state index contributed by atoms with van der Waals surface area (Å²) >= 11 is 1.63. The van der Waals surface area contributed by atoms with Crippen molar-refractivity contribution in [2.24, 2.45) is 0 Å². The van der Waals surface area contributed by atoms with Gasteiger partial charge in [0.2, 0.25) is 5.16 Å². The summed E-state index contributed by atoms with van der Waals surface area (Å²) in [6, 6.07) is 10.0. The number of nitrogens with zero attached hydrogens (tertiary/aromatic N) is 2. The van der Waals surface area contributed by atoms with Crippen LogP contribution in [0.1, 0.15) is 13.8 Å². The Morgan fingerprint density at radius 2 is 2.06 bits per heavy atom. The highest BCUT2D eigenvalue weighted by atomic mass is 32.2. The zero-order valence-electron chi connectivity index (χ0n) is 9.97. The quantitative estimate of drug-likeness (QED) is 0.662. The van der Waals surface area contributed by atoms with Gasteiger partial charge >= 0.3 is 0 Å². The molecule has 0 aliphatic rings. The van der Waals surface area contributed by atoms with E-state index in [1.807, 2.05) is 30.3 Å². The number of rotatable bonds is 4. The third kappa shape index (κ3) is 3.46. The maximum atomic E-state index is 4.44. The van der Waals surface area contributed by atoms with Gasteiger partial charge in [-0.2, -0.15) is 0 Å². The average Bonchev–Trinajstić information content (AvgIpc) is 2.78. The molecule has 2 rings (SSSR count). The highest BCUT2D eigenvalue weighted by Crippen LogP contribution is 2.18. The SMILES string of the molecule is CC(C)=CCSc1n[nH]c(-c2ccccc2)n1. The number of aromatic nitrogens is 3. The molecule has 0 atom stereocenters. The van der Waals surface area contributed by atoms with Gasteiger partial charge in [-0.3, -0.25) is 5.10 Å². The minimum absolute atomic E-state index is 0.793. The first-order valence-corrected chi connectivity index (χ1v) is 6.48. The second-order valence-electron chi connectivity index (χ2n) is 3.93. The van der Waals surface area contributed by atoms with Crippen molar-refractivity contribution in [3.8, 4) is 11.4 Å². The van der Waals surface area contributed by atoms with Gasteiger partial charge < -0.3 is 0 Å². The molecule has 0 aliphatic heterocycles. The Morgan fingerprint density at radius 3 is 2.76 bits per heavy atom. The molecule has 1 heterocycles. The summed E-state index contributed by atoms with van der Waals surface area (Å²) in [6.45, 7) is 4.18. The number of thioether (sulfide) groups is 1. The highest BCUT2D eigenvalue weighted by Gasteiger charge is 2.04. The van der Waals surface area contributed by atoms with Crippen LogP contribution in [0.5, 0.6) is 0 Å². The molecule has 0 spiro atoms. The van der Waals surface area contributed by atoms with Gasteiger partial charge in [0.15, 0.2) is 5.82 Å². The van der Waals surface area contributed by atoms with Gasteiger partial charge in [0.25, 0.3) is 0 Å². The van der Waals surface area contributed by atoms with E-state index in [1.54, 1.807) is 11.8 Å². The number of hydrogen-bond acceptors (Lipinski definition) is 3. The fourth-order valence-electron chi connectivity index (χ4n) is 1.32. The molecule has 0 amide bonds. The molecule has 1 aromatic heterocycles. The Hall–Kier alpha value is -1.55. The van der Waals surface area contributed by atoms with Crippen molar-refractivity contribution in [2.75, 3.05) is 5.75 Å². The summed E-state index contributed by atoms with van der Waals surface area (Å²) < 4.78 is 0. The lowest BCUT2D eigenvalue weighted by atomic mass is 10.2. The molecule has 0 aliphatic carbocycles. The molecule has 0 bridgehead atoms. The highest BCUT2D eigenvalue weighted by molar-refractivity contribution is 7.99. The topological polar surface area (TPSA) is 41.6 Å². The first kappa shape index (κ1) is 11.9. The lowest BCUT2D eigenvalue weighted by Gasteiger charge is -1.93. The smallest absolute Gasteiger partial charge is 0.209 e. The third-order valence-electron chi connectivity index (χ3n) is 2.22. The van der Waals surface area contributed by atoms with Crippen LogP contribution in [-0.2, 0) is 0 Å². The molecule has 4 heteroatoms. The molecule has 2 aromatic rings. The molecule has 0 radical (unpaired) electrons. The van der Waals surface area contributed by atoms with Crippen LogP contribution in [0, 0.1) is 0 Å². The van der Waals surface area contributed by atoms with Gasteiger partial charge in [-0.25, -0.2) is 4.98 Å². The Bertz CT molecular complexity index is 498. The van der Waals surface area contributed by atoms with E-state index in [9.17, 15) is 0 Å². The number of H-pyrrole nitrogens is 1. The molecule has 17 heavy (non-hydrogen) atoms. The van der Waals surface area contributed by atoms with Crippen LogP contribution in [0.15, 0.2) is 47.1 Å². The molecular weight excluding hydrogens is 230 g/mol. The maximum Gasteiger partial charge on any atom is 0.209 e. The Labute approximate surface area is 105 Å². The van der Waals surface area contributed by atoms with Gasteiger partial charge in [-0.15, -0.1) is 5.10 Å². The fourth-order valence-corrected chi connectivity index (χ4v) is 2.15. The van der Waals surface area contributed by atoms with Crippen LogP contribution in [0.25, 0.3) is 11.4 Å². The summed E-state index contributed by atoms with van der Waals surface area (Å²) in [5.41, 5.74) is 2.38. The van der Waals surface area contributed by atoms with Crippen LogP contribution >= 0.6 is 11.8 Å². The van der Waals surface area contributed by atoms with Gasteiger partial charge in [0.05, 0.1) is 0 Å². The van der Waals surface area contributed by atoms with Crippen LogP contribution in [-0.4, -0.2) is 20.9 Å². The fraction of sp³-hybridized carbons (Fsp3) is 0.231. The van der Waals surface area contributed by atoms with E-state index in [2.05, 4.69) is 35.1 Å². The summed E-state index contributed by atoms with van der Waals surface area (Å²) in [7, 11) is 0. The molecule has 0 saturated heterocycles. The van der Waals surface area contributed by atoms with Gasteiger partial charge in [-0.1, -0.05) is 53.7 Å². The van der Waals surface area contributed by atoms with Crippen LogP contribution in [0.4, 0.5) is 0 Å². The predicted molar refractivity (Wildman–Crippen MR) is 72.0 cm³/mol. The zero-order chi connectivity index (χ0) is 12.1. The number of aromatic amines is 1. The minimum atomic E-state index is 0.793. The lowest BCUT2D eigenvalue weighted by Crippen LogP contribution is -1.79. The number of benzene rings is 1. The van der Waals surface area contributed by atoms with Crippen LogP contribution in [0.2, 0.25) is 0 Å². The van der Waals surface area contributed by atoms with E-state index < -0.39 is 0 Å². The van der Waals surface area contributed by atoms with Gasteiger partial charge in [0, 0.05) is 11.3 Å². The van der Waals surface area contributed by atoms with Crippen molar-refractivity contribution in [3.63, 3.8) is 0 Å². The molecule has 1 N–H and O–H groups in total. The summed E-state index contributed by atoms with van der Waals surface area (Å²) in [5, 5.41) is 7.94. The van der Waals surface area contributed by atoms with Crippen molar-refractivity contribution in [1.29, 1.82) is 0 Å². The van der Waals surface area contributed by atoms with Gasteiger partial charge in [-0.05, 0) is 13.8 Å². The van der Waals surface area contributed by atoms with E-state index in [0.29, 0.717) is 0 Å². The van der Waals surface area contributed by atoms with Gasteiger partial charge in [0.1, 0.15) is 0 Å². The number of hydrogen-bond donors (Lipinski definition) is 1. The second-order valence-corrected chi connectivity index (χ2v) is 4.91. The monoisotopic (exact) mass is 245 g/mol. The predicted octanol–water partition coefficient (Wildman–Crippen LogP) is 3.53. The van der Waals surface area contributed by atoms with Crippen LogP contribution < -0.4 is 0 Å². The maximum absolute atomic E-state index is 4.44. The van der Waals surface area contributed by atoms with E-state index in [1.165, 1.54) is 5.57 Å². The Morgan fingerprint density at radius 1 is 1.29 bits per heavy atom. The standard InChI is InChI=1S/C13H15N3S/c1-10(2)8-9-17-13-14-12(15-16-13)11-6-4-3-5-7-11/h3-8H,9H2,1-2H3,(H,14,15,16). The van der Waals surface area contributed by atoms with E-state index in [4.69, 9.17) is 0 Å². The zero-order valence-corrected chi connectivity index (χ0v) is 10.8. The van der Waals surface area contributed by atoms with Crippen molar-refractivity contribution < 1.29 is 0 Å². The van der Waals surface area contributed by atoms with Crippen molar-refractivity contribution >= 4 is 11.8 Å². The first-order chi connectivity index (χ1) is 8.25. The average molecular weight is 245 g/mol. The largest absolute Gasteiger partial charge is 0.258 e. The molecule has 88 valence electrons. The number of allylic oxidation sites excluding steroid dienone is 1. The lowest BCUT2D eigenvalue weighted by molar-refractivity contribution is 0.975. The minimum Gasteiger partial charge on any atom is -0.258 e. The van der Waals surface area contributed by atoms with Crippen LogP contribution in [0.3, 0.4) is 0 Å². The first-order valence-electron chi connectivity index (χ1n) is 5.49. The molecular formula is C13H15N3S. The van der Waals surface area contributed by atoms with Crippen molar-refractivity contribution in [2.45, 2.75) is 19.0 Å². The summed E-state index contributed by atoms with van der Waals surface area (Å²) in [5.74, 6) is 1.74. The van der Waals surface area contributed by atoms with Crippen molar-refractivity contribution in [3.05, 3.63) is 42.0 Å². The molecule has 3 nitrogen and oxygen atoms in total. The Balaban J connectivity index is 2.04. The molecule has 0 saturated carbocycles. The Kier molecular flexibility index (Phi) is 3.98. The molecule has 0 unspecified atom stereocenters. The number of nitrogens with one attached hydrogen (secondary N) is 1. The van der Waals surface area contributed by atoms with E-state index >= 15 is 0 Å². The summed E-state index contributed by atoms with van der Waals surface area (Å²) in [6.07, 6.45) is 2.17. The normalized spacial score (nSPS) is 10.2. The van der Waals surface area contributed by atoms with E-state index in [-0.39, 0.29) is 0 Å². The second kappa shape index (κ2) is 5.68. The third-order valence-corrected chi connectivity index (χ3v) is 2.99. The molecule has 1 aromatic carbocycles. The van der Waals surface area contributed by atoms with E-state index in [0.717, 1.165) is 22.3 Å².